The zero-order chi connectivity index (χ0) is 22.2. The van der Waals surface area contributed by atoms with Gasteiger partial charge in [0.2, 0.25) is 10.0 Å². The average molecular weight is 463 g/mol. The van der Waals surface area contributed by atoms with E-state index < -0.39 is 15.9 Å². The number of hydrogen-bond acceptors (Lipinski definition) is 5. The number of carbonyl (C=O) groups is 1. The highest BCUT2D eigenvalue weighted by molar-refractivity contribution is 7.89. The minimum Gasteiger partial charge on any atom is -0.495 e. The van der Waals surface area contributed by atoms with Gasteiger partial charge < -0.3 is 10.1 Å². The van der Waals surface area contributed by atoms with Gasteiger partial charge in [0.05, 0.1) is 12.0 Å². The predicted octanol–water partition coefficient (Wildman–Crippen LogP) is 4.78. The molecule has 2 aromatic carbocycles. The molecule has 4 rings (SSSR count). The largest absolute Gasteiger partial charge is 0.495 e. The van der Waals surface area contributed by atoms with E-state index in [4.69, 9.17) is 4.74 Å². The lowest BCUT2D eigenvalue weighted by Gasteiger charge is -2.26. The van der Waals surface area contributed by atoms with E-state index >= 15 is 0 Å². The lowest BCUT2D eigenvalue weighted by molar-refractivity contribution is 0.103. The molecule has 1 fully saturated rings. The molecule has 31 heavy (non-hydrogen) atoms. The first kappa shape index (κ1) is 21.7. The summed E-state index contributed by atoms with van der Waals surface area (Å²) in [6.07, 6.45) is 2.65. The SMILES string of the molecule is COc1ccc(NC(=O)c2sc3cccc(F)c3c2C)cc1S(=O)(=O)N1CCCCC1. The molecule has 164 valence electrons. The number of hydrogen-bond donors (Lipinski definition) is 1. The predicted molar refractivity (Wildman–Crippen MR) is 120 cm³/mol. The first-order valence-corrected chi connectivity index (χ1v) is 12.3. The van der Waals surface area contributed by atoms with Crippen molar-refractivity contribution in [2.24, 2.45) is 0 Å². The molecule has 0 saturated carbocycles. The molecule has 0 radical (unpaired) electrons. The first-order chi connectivity index (χ1) is 14.8. The number of methoxy groups -OCH3 is 1. The first-order valence-electron chi connectivity index (χ1n) is 10.00. The summed E-state index contributed by atoms with van der Waals surface area (Å²) in [6.45, 7) is 2.64. The van der Waals surface area contributed by atoms with Gasteiger partial charge in [0.25, 0.3) is 5.91 Å². The van der Waals surface area contributed by atoms with Crippen LogP contribution < -0.4 is 10.1 Å². The van der Waals surface area contributed by atoms with E-state index in [0.29, 0.717) is 39.3 Å². The van der Waals surface area contributed by atoms with Crippen LogP contribution >= 0.6 is 11.3 Å². The number of amides is 1. The minimum absolute atomic E-state index is 0.0220. The van der Waals surface area contributed by atoms with Crippen LogP contribution in [0.3, 0.4) is 0 Å². The summed E-state index contributed by atoms with van der Waals surface area (Å²) < 4.78 is 48.0. The topological polar surface area (TPSA) is 75.7 Å². The van der Waals surface area contributed by atoms with Gasteiger partial charge in [0.15, 0.2) is 0 Å². The number of aryl methyl sites for hydroxylation is 1. The van der Waals surface area contributed by atoms with Crippen LogP contribution in [0, 0.1) is 12.7 Å². The fourth-order valence-electron chi connectivity index (χ4n) is 3.86. The second kappa shape index (κ2) is 8.57. The van der Waals surface area contributed by atoms with E-state index in [1.807, 2.05) is 0 Å². The zero-order valence-electron chi connectivity index (χ0n) is 17.3. The highest BCUT2D eigenvalue weighted by Gasteiger charge is 2.29. The highest BCUT2D eigenvalue weighted by Crippen LogP contribution is 2.34. The number of carbonyl (C=O) groups excluding carboxylic acids is 1. The van der Waals surface area contributed by atoms with Crippen LogP contribution in [0.25, 0.3) is 10.1 Å². The molecule has 1 aliphatic heterocycles. The molecular weight excluding hydrogens is 439 g/mol. The summed E-state index contributed by atoms with van der Waals surface area (Å²) in [4.78, 5) is 13.3. The maximum absolute atomic E-state index is 14.2. The summed E-state index contributed by atoms with van der Waals surface area (Å²) in [7, 11) is -2.34. The number of sulfonamides is 1. The van der Waals surface area contributed by atoms with Crippen molar-refractivity contribution in [1.82, 2.24) is 4.31 Å². The van der Waals surface area contributed by atoms with Crippen LogP contribution in [-0.2, 0) is 10.0 Å². The number of fused-ring (bicyclic) bond motifs is 1. The quantitative estimate of drug-likeness (QED) is 0.592. The molecule has 9 heteroatoms. The Morgan fingerprint density at radius 2 is 1.90 bits per heavy atom. The smallest absolute Gasteiger partial charge is 0.266 e. The molecule has 1 N–H and O–H groups in total. The van der Waals surface area contributed by atoms with Gasteiger partial charge in [-0.25, -0.2) is 12.8 Å². The number of ether oxygens (including phenoxy) is 1. The number of benzene rings is 2. The van der Waals surface area contributed by atoms with Gasteiger partial charge in [-0.3, -0.25) is 4.79 Å². The van der Waals surface area contributed by atoms with Gasteiger partial charge in [0.1, 0.15) is 16.5 Å². The van der Waals surface area contributed by atoms with Crippen LogP contribution in [-0.4, -0.2) is 38.8 Å². The number of piperidine rings is 1. The molecule has 0 atom stereocenters. The zero-order valence-corrected chi connectivity index (χ0v) is 18.9. The number of nitrogens with zero attached hydrogens (tertiary/aromatic N) is 1. The van der Waals surface area contributed by atoms with E-state index in [1.165, 1.54) is 41.0 Å². The second-order valence-corrected chi connectivity index (χ2v) is 10.4. The Morgan fingerprint density at radius 1 is 1.16 bits per heavy atom. The Kier molecular flexibility index (Phi) is 6.00. The van der Waals surface area contributed by atoms with Crippen molar-refractivity contribution in [3.63, 3.8) is 0 Å². The van der Waals surface area contributed by atoms with Crippen LogP contribution in [0.15, 0.2) is 41.3 Å². The molecule has 1 aromatic heterocycles. The highest BCUT2D eigenvalue weighted by atomic mass is 32.2. The molecule has 0 bridgehead atoms. The standard InChI is InChI=1S/C22H23FN2O4S2/c1-14-20-16(23)7-6-8-18(20)30-21(14)22(26)24-15-9-10-17(29-2)19(13-15)31(27,28)25-11-4-3-5-12-25/h6-10,13H,3-5,11-12H2,1-2H3,(H,24,26). The van der Waals surface area contributed by atoms with Gasteiger partial charge in [-0.15, -0.1) is 11.3 Å². The molecule has 2 heterocycles. The Labute approximate surface area is 184 Å². The third-order valence-corrected chi connectivity index (χ3v) is 8.64. The van der Waals surface area contributed by atoms with Crippen molar-refractivity contribution in [1.29, 1.82) is 0 Å². The molecular formula is C22H23FN2O4S2. The Bertz CT molecular complexity index is 1250. The molecule has 0 spiro atoms. The molecule has 6 nitrogen and oxygen atoms in total. The summed E-state index contributed by atoms with van der Waals surface area (Å²) in [5.41, 5.74) is 0.893. The van der Waals surface area contributed by atoms with E-state index in [9.17, 15) is 17.6 Å². The van der Waals surface area contributed by atoms with Gasteiger partial charge in [-0.1, -0.05) is 12.5 Å². The summed E-state index contributed by atoms with van der Waals surface area (Å²) >= 11 is 1.20. The Balaban J connectivity index is 1.67. The summed E-state index contributed by atoms with van der Waals surface area (Å²) in [6, 6.07) is 9.29. The second-order valence-electron chi connectivity index (χ2n) is 7.45. The number of halogens is 1. The third-order valence-electron chi connectivity index (χ3n) is 5.46. The van der Waals surface area contributed by atoms with Gasteiger partial charge in [-0.2, -0.15) is 4.31 Å². The molecule has 3 aromatic rings. The van der Waals surface area contributed by atoms with Crippen molar-refractivity contribution in [2.45, 2.75) is 31.1 Å². The van der Waals surface area contributed by atoms with Crippen molar-refractivity contribution in [2.75, 3.05) is 25.5 Å². The lowest BCUT2D eigenvalue weighted by atomic mass is 10.1. The molecule has 1 amide bonds. The summed E-state index contributed by atoms with van der Waals surface area (Å²) in [5.74, 6) is -0.557. The van der Waals surface area contributed by atoms with Crippen molar-refractivity contribution in [3.8, 4) is 5.75 Å². The minimum atomic E-state index is -3.75. The molecule has 0 aliphatic carbocycles. The third kappa shape index (κ3) is 4.05. The summed E-state index contributed by atoms with van der Waals surface area (Å²) in [5, 5.41) is 3.19. The Morgan fingerprint density at radius 3 is 2.58 bits per heavy atom. The van der Waals surface area contributed by atoms with Crippen LogP contribution in [0.4, 0.5) is 10.1 Å². The normalized spacial score (nSPS) is 15.2. The van der Waals surface area contributed by atoms with Crippen LogP contribution in [0.1, 0.15) is 34.5 Å². The van der Waals surface area contributed by atoms with E-state index in [1.54, 1.807) is 25.1 Å². The fourth-order valence-corrected chi connectivity index (χ4v) is 6.67. The van der Waals surface area contributed by atoms with Gasteiger partial charge >= 0.3 is 0 Å². The van der Waals surface area contributed by atoms with Crippen LogP contribution in [0.5, 0.6) is 5.75 Å². The monoisotopic (exact) mass is 462 g/mol. The Hall–Kier alpha value is -2.49. The molecule has 1 aliphatic rings. The van der Waals surface area contributed by atoms with Gasteiger partial charge in [-0.05, 0) is 55.7 Å². The number of rotatable bonds is 5. The van der Waals surface area contributed by atoms with E-state index in [2.05, 4.69) is 5.32 Å². The number of anilines is 1. The van der Waals surface area contributed by atoms with Gasteiger partial charge in [0, 0.05) is 28.9 Å². The number of nitrogens with one attached hydrogen (secondary N) is 1. The van der Waals surface area contributed by atoms with Crippen molar-refractivity contribution >= 4 is 43.0 Å². The lowest BCUT2D eigenvalue weighted by Crippen LogP contribution is -2.35. The number of thiophene rings is 1. The van der Waals surface area contributed by atoms with E-state index in [0.717, 1.165) is 19.3 Å². The van der Waals surface area contributed by atoms with Crippen molar-refractivity contribution in [3.05, 3.63) is 52.7 Å². The average Bonchev–Trinajstić information content (AvgIpc) is 3.12. The fraction of sp³-hybridized carbons (Fsp3) is 0.318. The molecule has 1 saturated heterocycles. The maximum Gasteiger partial charge on any atom is 0.266 e. The van der Waals surface area contributed by atoms with Crippen LogP contribution in [0.2, 0.25) is 0 Å². The van der Waals surface area contributed by atoms with E-state index in [-0.39, 0.29) is 16.5 Å². The molecule has 0 unspecified atom stereocenters. The van der Waals surface area contributed by atoms with Crippen molar-refractivity contribution < 1.29 is 22.3 Å². The maximum atomic E-state index is 14.2.